The molecule has 9 heteroatoms. The fourth-order valence-corrected chi connectivity index (χ4v) is 5.97. The van der Waals surface area contributed by atoms with Crippen molar-refractivity contribution in [1.29, 1.82) is 0 Å². The molecule has 0 aromatic carbocycles. The van der Waals surface area contributed by atoms with Crippen LogP contribution in [0.3, 0.4) is 0 Å². The molecule has 0 radical (unpaired) electrons. The van der Waals surface area contributed by atoms with Crippen molar-refractivity contribution in [3.05, 3.63) is 11.5 Å². The van der Waals surface area contributed by atoms with Crippen molar-refractivity contribution < 1.29 is 17.7 Å². The largest absolute Gasteiger partial charge is 0.360 e. The fraction of sp³-hybridized carbons (Fsp3) is 0.765. The highest BCUT2D eigenvalue weighted by Crippen LogP contribution is 2.33. The van der Waals surface area contributed by atoms with Gasteiger partial charge in [0.25, 0.3) is 0 Å². The Morgan fingerprint density at radius 2 is 1.96 bits per heavy atom. The maximum atomic E-state index is 13.0. The molecule has 3 rings (SSSR count). The summed E-state index contributed by atoms with van der Waals surface area (Å²) in [4.78, 5) is 14.9. The van der Waals surface area contributed by atoms with Crippen molar-refractivity contribution in [3.8, 4) is 0 Å². The van der Waals surface area contributed by atoms with Crippen LogP contribution in [0.1, 0.15) is 37.1 Å². The first-order valence-electron chi connectivity index (χ1n) is 9.28. The highest BCUT2D eigenvalue weighted by atomic mass is 32.2. The third-order valence-electron chi connectivity index (χ3n) is 5.61. The van der Waals surface area contributed by atoms with E-state index in [0.29, 0.717) is 44.1 Å². The second-order valence-electron chi connectivity index (χ2n) is 7.27. The van der Waals surface area contributed by atoms with E-state index in [2.05, 4.69) is 5.16 Å². The standard InChI is InChI=1S/C17H28N4O4S/c1-12-16(13(2)25-19-12)26(23,24)21-8-4-7-20(9-10-21)17(22)15-6-3-5-14(15)11-18/h14-15H,3-11,18H2,1-2H3/t14-,15-/m1/s1. The maximum Gasteiger partial charge on any atom is 0.248 e. The van der Waals surface area contributed by atoms with E-state index in [0.717, 1.165) is 19.3 Å². The number of amides is 1. The Bertz CT molecular complexity index is 741. The van der Waals surface area contributed by atoms with Crippen molar-refractivity contribution in [2.45, 2.75) is 44.4 Å². The van der Waals surface area contributed by atoms with E-state index < -0.39 is 10.0 Å². The van der Waals surface area contributed by atoms with Crippen LogP contribution in [0.2, 0.25) is 0 Å². The lowest BCUT2D eigenvalue weighted by molar-refractivity contribution is -0.136. The van der Waals surface area contributed by atoms with Gasteiger partial charge in [-0.05, 0) is 45.6 Å². The number of aryl methyl sites for hydroxylation is 2. The van der Waals surface area contributed by atoms with E-state index in [9.17, 15) is 13.2 Å². The molecule has 1 amide bonds. The summed E-state index contributed by atoms with van der Waals surface area (Å²) in [6.45, 7) is 5.45. The van der Waals surface area contributed by atoms with Gasteiger partial charge in [0.1, 0.15) is 10.6 Å². The predicted molar refractivity (Wildman–Crippen MR) is 95.8 cm³/mol. The molecule has 2 atom stereocenters. The van der Waals surface area contributed by atoms with Crippen molar-refractivity contribution in [1.82, 2.24) is 14.4 Å². The van der Waals surface area contributed by atoms with Gasteiger partial charge >= 0.3 is 0 Å². The summed E-state index contributed by atoms with van der Waals surface area (Å²) in [6, 6.07) is 0. The minimum absolute atomic E-state index is 0.00859. The first-order valence-corrected chi connectivity index (χ1v) is 10.7. The molecular weight excluding hydrogens is 356 g/mol. The van der Waals surface area contributed by atoms with Crippen LogP contribution < -0.4 is 5.73 Å². The Kier molecular flexibility index (Phi) is 5.69. The molecule has 2 fully saturated rings. The van der Waals surface area contributed by atoms with Gasteiger partial charge in [0.05, 0.1) is 0 Å². The molecule has 0 bridgehead atoms. The topological polar surface area (TPSA) is 110 Å². The van der Waals surface area contributed by atoms with Crippen LogP contribution in [-0.2, 0) is 14.8 Å². The van der Waals surface area contributed by atoms with E-state index >= 15 is 0 Å². The smallest absolute Gasteiger partial charge is 0.248 e. The Morgan fingerprint density at radius 1 is 1.19 bits per heavy atom. The average molecular weight is 385 g/mol. The predicted octanol–water partition coefficient (Wildman–Crippen LogP) is 0.889. The third-order valence-corrected chi connectivity index (χ3v) is 7.76. The van der Waals surface area contributed by atoms with Crippen LogP contribution in [-0.4, -0.2) is 61.4 Å². The van der Waals surface area contributed by atoms with Gasteiger partial charge in [-0.1, -0.05) is 11.6 Å². The molecule has 146 valence electrons. The van der Waals surface area contributed by atoms with Gasteiger partial charge in [0.15, 0.2) is 5.76 Å². The van der Waals surface area contributed by atoms with Crippen LogP contribution in [0.15, 0.2) is 9.42 Å². The summed E-state index contributed by atoms with van der Waals surface area (Å²) in [5.74, 6) is 0.685. The molecule has 1 saturated carbocycles. The quantitative estimate of drug-likeness (QED) is 0.825. The number of aromatic nitrogens is 1. The summed E-state index contributed by atoms with van der Waals surface area (Å²) < 4.78 is 32.4. The van der Waals surface area contributed by atoms with Crippen LogP contribution >= 0.6 is 0 Å². The molecule has 1 aliphatic heterocycles. The van der Waals surface area contributed by atoms with Gasteiger partial charge in [-0.2, -0.15) is 4.31 Å². The molecule has 1 aromatic rings. The van der Waals surface area contributed by atoms with Crippen LogP contribution in [0.5, 0.6) is 0 Å². The summed E-state index contributed by atoms with van der Waals surface area (Å²) in [7, 11) is -3.67. The lowest BCUT2D eigenvalue weighted by Gasteiger charge is -2.27. The molecule has 0 spiro atoms. The maximum absolute atomic E-state index is 13.0. The third kappa shape index (κ3) is 3.52. The Labute approximate surface area is 154 Å². The van der Waals surface area contributed by atoms with Crippen molar-refractivity contribution in [2.24, 2.45) is 17.6 Å². The number of hydrogen-bond acceptors (Lipinski definition) is 6. The zero-order valence-corrected chi connectivity index (χ0v) is 16.3. The van der Waals surface area contributed by atoms with Gasteiger partial charge in [0, 0.05) is 32.1 Å². The Morgan fingerprint density at radius 3 is 2.62 bits per heavy atom. The summed E-state index contributed by atoms with van der Waals surface area (Å²) in [5, 5.41) is 3.76. The molecule has 1 aromatic heterocycles. The number of nitrogens with zero attached hydrogens (tertiary/aromatic N) is 3. The zero-order chi connectivity index (χ0) is 18.9. The number of sulfonamides is 1. The highest BCUT2D eigenvalue weighted by Gasteiger charge is 2.37. The van der Waals surface area contributed by atoms with E-state index in [-0.39, 0.29) is 29.2 Å². The highest BCUT2D eigenvalue weighted by molar-refractivity contribution is 7.89. The lowest BCUT2D eigenvalue weighted by Crippen LogP contribution is -2.41. The van der Waals surface area contributed by atoms with Gasteiger partial charge in [0.2, 0.25) is 15.9 Å². The number of nitrogens with two attached hydrogens (primary N) is 1. The molecular formula is C17H28N4O4S. The SMILES string of the molecule is Cc1noc(C)c1S(=O)(=O)N1CCCN(C(=O)[C@@H]2CCC[C@@H]2CN)CC1. The number of carbonyl (C=O) groups is 1. The number of hydrogen-bond donors (Lipinski definition) is 1. The Balaban J connectivity index is 1.71. The number of carbonyl (C=O) groups excluding carboxylic acids is 1. The van der Waals surface area contributed by atoms with Gasteiger partial charge in [-0.15, -0.1) is 0 Å². The van der Waals surface area contributed by atoms with E-state index in [1.165, 1.54) is 4.31 Å². The molecule has 8 nitrogen and oxygen atoms in total. The summed E-state index contributed by atoms with van der Waals surface area (Å²) in [5.41, 5.74) is 6.18. The summed E-state index contributed by atoms with van der Waals surface area (Å²) in [6.07, 6.45) is 3.55. The normalized spacial score (nSPS) is 25.4. The van der Waals surface area contributed by atoms with Crippen LogP contribution in [0.25, 0.3) is 0 Å². The first kappa shape index (κ1) is 19.3. The molecule has 1 aliphatic carbocycles. The van der Waals surface area contributed by atoms with Gasteiger partial charge < -0.3 is 15.2 Å². The van der Waals surface area contributed by atoms with Crippen molar-refractivity contribution in [3.63, 3.8) is 0 Å². The average Bonchev–Trinajstić information content (AvgIpc) is 3.12. The molecule has 26 heavy (non-hydrogen) atoms. The monoisotopic (exact) mass is 384 g/mol. The first-order chi connectivity index (χ1) is 12.4. The molecule has 0 unspecified atom stereocenters. The lowest BCUT2D eigenvalue weighted by atomic mass is 9.94. The van der Waals surface area contributed by atoms with Crippen LogP contribution in [0, 0.1) is 25.7 Å². The second-order valence-corrected chi connectivity index (χ2v) is 9.14. The Hall–Kier alpha value is -1.45. The molecule has 2 aliphatic rings. The van der Waals surface area contributed by atoms with E-state index in [1.54, 1.807) is 13.8 Å². The molecule has 2 N–H and O–H groups in total. The molecule has 2 heterocycles. The fourth-order valence-electron chi connectivity index (χ4n) is 4.21. The minimum atomic E-state index is -3.67. The zero-order valence-electron chi connectivity index (χ0n) is 15.5. The van der Waals surface area contributed by atoms with Gasteiger partial charge in [-0.25, -0.2) is 8.42 Å². The van der Waals surface area contributed by atoms with E-state index in [1.807, 2.05) is 4.90 Å². The molecule has 1 saturated heterocycles. The van der Waals surface area contributed by atoms with Crippen LogP contribution in [0.4, 0.5) is 0 Å². The summed E-state index contributed by atoms with van der Waals surface area (Å²) >= 11 is 0. The van der Waals surface area contributed by atoms with E-state index in [4.69, 9.17) is 10.3 Å². The van der Waals surface area contributed by atoms with Crippen molar-refractivity contribution in [2.75, 3.05) is 32.7 Å². The van der Waals surface area contributed by atoms with Crippen molar-refractivity contribution >= 4 is 15.9 Å². The minimum Gasteiger partial charge on any atom is -0.360 e. The number of rotatable bonds is 4. The second kappa shape index (κ2) is 7.66. The van der Waals surface area contributed by atoms with Gasteiger partial charge in [-0.3, -0.25) is 4.79 Å².